The molecule has 4 aliphatic rings. The van der Waals surface area contributed by atoms with Crippen molar-refractivity contribution >= 4 is 44.5 Å². The van der Waals surface area contributed by atoms with Gasteiger partial charge in [-0.15, -0.1) is 0 Å². The van der Waals surface area contributed by atoms with E-state index in [4.69, 9.17) is 9.15 Å². The molecule has 3 N–H and O–H groups in total. The second-order valence-electron chi connectivity index (χ2n) is 14.4. The van der Waals surface area contributed by atoms with E-state index >= 15 is 0 Å². The van der Waals surface area contributed by atoms with E-state index in [-0.39, 0.29) is 37.6 Å². The van der Waals surface area contributed by atoms with Crippen molar-refractivity contribution in [2.45, 2.75) is 99.4 Å². The number of rotatable bonds is 7. The summed E-state index contributed by atoms with van der Waals surface area (Å²) in [5, 5.41) is 5.81. The van der Waals surface area contributed by atoms with Crippen molar-refractivity contribution in [1.82, 2.24) is 19.9 Å². The zero-order chi connectivity index (χ0) is 36.9. The highest BCUT2D eigenvalue weighted by atomic mass is 32.2. The summed E-state index contributed by atoms with van der Waals surface area (Å²) >= 11 is 0. The molecule has 0 radical (unpaired) electrons. The number of oxazole rings is 1. The number of hydrogen-bond acceptors (Lipinski definition) is 9. The number of allylic oxidation sites excluding steroid dienone is 1. The molecule has 2 aliphatic heterocycles. The van der Waals surface area contributed by atoms with Crippen molar-refractivity contribution in [3.8, 4) is 6.08 Å². The van der Waals surface area contributed by atoms with E-state index in [1.165, 1.54) is 17.0 Å². The van der Waals surface area contributed by atoms with Crippen LogP contribution in [0, 0.1) is 5.92 Å². The second-order valence-corrected chi connectivity index (χ2v) is 16.6. The number of benzene rings is 2. The minimum Gasteiger partial charge on any atom is -0.445 e. The van der Waals surface area contributed by atoms with Crippen molar-refractivity contribution in [2.75, 3.05) is 11.9 Å². The van der Waals surface area contributed by atoms with Gasteiger partial charge in [0.1, 0.15) is 29.2 Å². The maximum absolute atomic E-state index is 14.4. The van der Waals surface area contributed by atoms with Gasteiger partial charge in [-0.25, -0.2) is 8.42 Å². The molecule has 16 heteroatoms. The van der Waals surface area contributed by atoms with Crippen LogP contribution in [0.2, 0.25) is 0 Å². The summed E-state index contributed by atoms with van der Waals surface area (Å²) in [6.45, 7) is 1.47. The number of para-hydroxylation sites is 2. The number of carbonyl (C=O) groups is 3. The number of aromatic nitrogens is 1. The molecular formula is C36H40F3N5O7S. The summed E-state index contributed by atoms with van der Waals surface area (Å²) < 4.78 is 79.8. The van der Waals surface area contributed by atoms with Gasteiger partial charge in [-0.05, 0) is 75.8 Å². The molecule has 2 saturated carbocycles. The zero-order valence-corrected chi connectivity index (χ0v) is 29.3. The van der Waals surface area contributed by atoms with E-state index in [1.54, 1.807) is 31.2 Å². The Bertz CT molecular complexity index is 1980. The average molecular weight is 744 g/mol. The number of halogens is 3. The van der Waals surface area contributed by atoms with E-state index in [0.717, 1.165) is 18.6 Å². The molecule has 52 heavy (non-hydrogen) atoms. The lowest BCUT2D eigenvalue weighted by molar-refractivity contribution is -0.140. The Morgan fingerprint density at radius 3 is 2.63 bits per heavy atom. The van der Waals surface area contributed by atoms with Gasteiger partial charge in [-0.2, -0.15) is 18.2 Å². The molecule has 5 atom stereocenters. The first-order valence-electron chi connectivity index (χ1n) is 17.5. The SMILES string of the molecule is CC1(S(=O)(=O)NC(=O)[C@@]23C[C@H]2/C=C\CCCCC[C@H](Nc2cccc(C(F)(F)F)c2)C(=O)N2C[C@H](Oc4nc5ccccc5o4)C[C@H]2C(=O)N3)CC1. The van der Waals surface area contributed by atoms with Gasteiger partial charge in [-0.3, -0.25) is 19.1 Å². The lowest BCUT2D eigenvalue weighted by atomic mass is 10.0. The van der Waals surface area contributed by atoms with Crippen molar-refractivity contribution < 1.29 is 45.1 Å². The molecule has 3 aromatic rings. The van der Waals surface area contributed by atoms with Gasteiger partial charge in [0.2, 0.25) is 21.8 Å². The molecular weight excluding hydrogens is 703 g/mol. The van der Waals surface area contributed by atoms with Crippen LogP contribution in [0.25, 0.3) is 11.1 Å². The minimum atomic E-state index is -4.59. The molecule has 2 aromatic carbocycles. The monoisotopic (exact) mass is 743 g/mol. The maximum Gasteiger partial charge on any atom is 0.416 e. The lowest BCUT2D eigenvalue weighted by Crippen LogP contribution is -2.58. The Labute approximate surface area is 298 Å². The fourth-order valence-corrected chi connectivity index (χ4v) is 8.29. The smallest absolute Gasteiger partial charge is 0.416 e. The van der Waals surface area contributed by atoms with E-state index in [1.807, 2.05) is 12.2 Å². The van der Waals surface area contributed by atoms with Gasteiger partial charge >= 0.3 is 12.3 Å². The normalized spacial score (nSPS) is 28.4. The van der Waals surface area contributed by atoms with Crippen LogP contribution in [-0.2, 0) is 30.6 Å². The standard InChI is InChI=1S/C36H40F3N5O7S/c1-34(16-17-34)52(48,49)43-32(47)35-20-23(35)10-5-3-2-4-6-14-27(40-24-12-9-11-22(18-24)36(37,38)39)31(46)44-21-25(19-28(44)30(45)42-35)50-33-41-26-13-7-8-15-29(26)51-33/h5,7-13,15,18,23,25,27-28,40H,2-4,6,14,16-17,19-21H2,1H3,(H,42,45)(H,43,47)/b10-5-/t23-,25-,27+,28+,35-/m1/s1. The third kappa shape index (κ3) is 7.21. The summed E-state index contributed by atoms with van der Waals surface area (Å²) in [5.41, 5.74) is -1.33. The Morgan fingerprint density at radius 1 is 1.10 bits per heavy atom. The van der Waals surface area contributed by atoms with Crippen LogP contribution in [0.15, 0.2) is 65.1 Å². The molecule has 0 bridgehead atoms. The highest BCUT2D eigenvalue weighted by Gasteiger charge is 2.63. The zero-order valence-electron chi connectivity index (χ0n) is 28.4. The third-order valence-corrected chi connectivity index (χ3v) is 12.7. The fourth-order valence-electron chi connectivity index (χ4n) is 6.98. The number of ether oxygens (including phenoxy) is 1. The second kappa shape index (κ2) is 13.4. The van der Waals surface area contributed by atoms with Crippen molar-refractivity contribution in [2.24, 2.45) is 5.92 Å². The molecule has 3 amide bonds. The van der Waals surface area contributed by atoms with Crippen LogP contribution in [0.3, 0.4) is 0 Å². The van der Waals surface area contributed by atoms with Crippen molar-refractivity contribution in [3.63, 3.8) is 0 Å². The molecule has 3 fully saturated rings. The first-order valence-corrected chi connectivity index (χ1v) is 19.0. The minimum absolute atomic E-state index is 0.0266. The number of nitrogens with one attached hydrogen (secondary N) is 3. The molecule has 1 aromatic heterocycles. The quantitative estimate of drug-likeness (QED) is 0.281. The van der Waals surface area contributed by atoms with Crippen LogP contribution in [0.5, 0.6) is 6.08 Å². The maximum atomic E-state index is 14.4. The molecule has 278 valence electrons. The van der Waals surface area contributed by atoms with Gasteiger partial charge in [0.15, 0.2) is 5.58 Å². The number of carbonyl (C=O) groups excluding carboxylic acids is 3. The topological polar surface area (TPSA) is 160 Å². The van der Waals surface area contributed by atoms with Crippen LogP contribution in [0.4, 0.5) is 18.9 Å². The van der Waals surface area contributed by atoms with Gasteiger partial charge in [0.05, 0.1) is 16.9 Å². The van der Waals surface area contributed by atoms with Gasteiger partial charge < -0.3 is 24.7 Å². The summed E-state index contributed by atoms with van der Waals surface area (Å²) in [6, 6.07) is 9.41. The number of fused-ring (bicyclic) bond motifs is 3. The highest BCUT2D eigenvalue weighted by molar-refractivity contribution is 7.91. The predicted octanol–water partition coefficient (Wildman–Crippen LogP) is 5.07. The van der Waals surface area contributed by atoms with Crippen LogP contribution < -0.4 is 20.1 Å². The fraction of sp³-hybridized carbons (Fsp3) is 0.500. The first kappa shape index (κ1) is 35.8. The van der Waals surface area contributed by atoms with Gasteiger partial charge in [-0.1, -0.05) is 43.2 Å². The predicted molar refractivity (Wildman–Crippen MR) is 183 cm³/mol. The molecule has 0 spiro atoms. The van der Waals surface area contributed by atoms with E-state index in [2.05, 4.69) is 20.3 Å². The summed E-state index contributed by atoms with van der Waals surface area (Å²) in [6.07, 6.45) is 2.15. The average Bonchev–Trinajstić information content (AvgIpc) is 3.90. The lowest BCUT2D eigenvalue weighted by Gasteiger charge is -2.30. The third-order valence-electron chi connectivity index (χ3n) is 10.5. The first-order chi connectivity index (χ1) is 24.7. The Kier molecular flexibility index (Phi) is 9.24. The number of anilines is 1. The molecule has 12 nitrogen and oxygen atoms in total. The van der Waals surface area contributed by atoms with Crippen molar-refractivity contribution in [3.05, 3.63) is 66.2 Å². The Morgan fingerprint density at radius 2 is 1.88 bits per heavy atom. The summed E-state index contributed by atoms with van der Waals surface area (Å²) in [5.74, 6) is -2.54. The highest BCUT2D eigenvalue weighted by Crippen LogP contribution is 2.47. The Balaban J connectivity index is 1.19. The number of sulfonamides is 1. The van der Waals surface area contributed by atoms with Crippen LogP contribution in [0.1, 0.15) is 70.3 Å². The van der Waals surface area contributed by atoms with E-state index in [9.17, 15) is 36.0 Å². The molecule has 2 aliphatic carbocycles. The summed E-state index contributed by atoms with van der Waals surface area (Å²) in [4.78, 5) is 48.1. The Hall–Kier alpha value is -4.60. The van der Waals surface area contributed by atoms with E-state index in [0.29, 0.717) is 43.2 Å². The number of amides is 3. The van der Waals surface area contributed by atoms with Gasteiger partial charge in [0.25, 0.3) is 5.91 Å². The van der Waals surface area contributed by atoms with Crippen LogP contribution >= 0.6 is 0 Å². The largest absolute Gasteiger partial charge is 0.445 e. The summed E-state index contributed by atoms with van der Waals surface area (Å²) in [7, 11) is -4.02. The molecule has 3 heterocycles. The van der Waals surface area contributed by atoms with Crippen LogP contribution in [-0.4, -0.2) is 71.0 Å². The molecule has 1 saturated heterocycles. The number of nitrogens with zero attached hydrogens (tertiary/aromatic N) is 2. The van der Waals surface area contributed by atoms with Gasteiger partial charge in [0, 0.05) is 18.0 Å². The van der Waals surface area contributed by atoms with Crippen molar-refractivity contribution in [1.29, 1.82) is 0 Å². The van der Waals surface area contributed by atoms with E-state index < -0.39 is 73.9 Å². The molecule has 7 rings (SSSR count). The molecule has 0 unspecified atom stereocenters. The number of hydrogen-bond donors (Lipinski definition) is 3. The number of alkyl halides is 3.